The number of rotatable bonds is 3. The molecule has 0 unspecified atom stereocenters. The summed E-state index contributed by atoms with van der Waals surface area (Å²) < 4.78 is 0. The molecule has 0 atom stereocenters. The molecule has 0 aliphatic carbocycles. The molecule has 0 bridgehead atoms. The zero-order valence-electron chi connectivity index (χ0n) is 10.5. The maximum atomic E-state index is 9.07. The van der Waals surface area contributed by atoms with E-state index in [1.807, 2.05) is 24.1 Å². The molecule has 0 saturated heterocycles. The molecular formula is C15H16ClNO. The molecule has 0 heterocycles. The summed E-state index contributed by atoms with van der Waals surface area (Å²) in [7, 11) is 1.98. The van der Waals surface area contributed by atoms with Gasteiger partial charge in [-0.25, -0.2) is 0 Å². The summed E-state index contributed by atoms with van der Waals surface area (Å²) in [5.74, 6) is 0. The van der Waals surface area contributed by atoms with Gasteiger partial charge in [0.25, 0.3) is 0 Å². The molecule has 18 heavy (non-hydrogen) atoms. The second-order valence-electron chi connectivity index (χ2n) is 4.34. The molecule has 2 aromatic rings. The highest BCUT2D eigenvalue weighted by atomic mass is 35.5. The molecule has 2 nitrogen and oxygen atoms in total. The summed E-state index contributed by atoms with van der Waals surface area (Å²) >= 11 is 6.23. The maximum absolute atomic E-state index is 9.07. The Morgan fingerprint density at radius 3 is 2.33 bits per heavy atom. The number of aliphatic hydroxyl groups excluding tert-OH is 1. The molecule has 0 saturated carbocycles. The molecule has 2 rings (SSSR count). The van der Waals surface area contributed by atoms with Crippen molar-refractivity contribution in [3.05, 3.63) is 58.6 Å². The lowest BCUT2D eigenvalue weighted by molar-refractivity contribution is 0.282. The fourth-order valence-corrected chi connectivity index (χ4v) is 2.16. The predicted molar refractivity (Wildman–Crippen MR) is 76.6 cm³/mol. The lowest BCUT2D eigenvalue weighted by Crippen LogP contribution is -2.10. The molecule has 0 spiro atoms. The fourth-order valence-electron chi connectivity index (χ4n) is 1.83. The van der Waals surface area contributed by atoms with E-state index in [0.29, 0.717) is 5.02 Å². The molecule has 0 radical (unpaired) electrons. The van der Waals surface area contributed by atoms with E-state index >= 15 is 0 Å². The van der Waals surface area contributed by atoms with E-state index in [4.69, 9.17) is 16.7 Å². The smallest absolute Gasteiger partial charge is 0.0682 e. The van der Waals surface area contributed by atoms with Gasteiger partial charge in [-0.3, -0.25) is 0 Å². The van der Waals surface area contributed by atoms with Crippen LogP contribution in [0.15, 0.2) is 42.5 Å². The summed E-state index contributed by atoms with van der Waals surface area (Å²) in [6.07, 6.45) is 0. The van der Waals surface area contributed by atoms with Crippen molar-refractivity contribution in [2.24, 2.45) is 0 Å². The van der Waals surface area contributed by atoms with Crippen molar-refractivity contribution in [3.63, 3.8) is 0 Å². The maximum Gasteiger partial charge on any atom is 0.0682 e. The normalized spacial score (nSPS) is 10.4. The molecule has 0 aliphatic heterocycles. The Balaban J connectivity index is 2.33. The van der Waals surface area contributed by atoms with E-state index in [2.05, 4.69) is 31.2 Å². The third kappa shape index (κ3) is 2.66. The molecule has 0 fully saturated rings. The Morgan fingerprint density at radius 1 is 1.11 bits per heavy atom. The minimum absolute atomic E-state index is 0.00818. The van der Waals surface area contributed by atoms with Crippen LogP contribution in [0.5, 0.6) is 0 Å². The van der Waals surface area contributed by atoms with Gasteiger partial charge in [-0.1, -0.05) is 35.4 Å². The van der Waals surface area contributed by atoms with E-state index in [0.717, 1.165) is 16.9 Å². The fraction of sp³-hybridized carbons (Fsp3) is 0.200. The zero-order chi connectivity index (χ0) is 13.1. The van der Waals surface area contributed by atoms with Crippen LogP contribution in [0.3, 0.4) is 0 Å². The average molecular weight is 262 g/mol. The number of anilines is 2. The first-order chi connectivity index (χ1) is 8.61. The first-order valence-corrected chi connectivity index (χ1v) is 6.19. The van der Waals surface area contributed by atoms with Gasteiger partial charge in [-0.15, -0.1) is 0 Å². The van der Waals surface area contributed by atoms with E-state index in [-0.39, 0.29) is 6.61 Å². The Kier molecular flexibility index (Phi) is 3.90. The summed E-state index contributed by atoms with van der Waals surface area (Å²) in [6, 6.07) is 13.9. The predicted octanol–water partition coefficient (Wildman–Crippen LogP) is 3.91. The lowest BCUT2D eigenvalue weighted by Gasteiger charge is -2.21. The van der Waals surface area contributed by atoms with Crippen LogP contribution in [0, 0.1) is 6.92 Å². The largest absolute Gasteiger partial charge is 0.392 e. The Labute approximate surface area is 112 Å². The van der Waals surface area contributed by atoms with E-state index < -0.39 is 0 Å². The number of nitrogens with zero attached hydrogens (tertiary/aromatic N) is 1. The highest BCUT2D eigenvalue weighted by Gasteiger charge is 2.08. The zero-order valence-corrected chi connectivity index (χ0v) is 11.3. The molecule has 0 aliphatic rings. The van der Waals surface area contributed by atoms with Crippen LogP contribution in [-0.2, 0) is 6.61 Å². The third-order valence-electron chi connectivity index (χ3n) is 2.98. The van der Waals surface area contributed by atoms with Crippen molar-refractivity contribution in [2.75, 3.05) is 11.9 Å². The molecular weight excluding hydrogens is 246 g/mol. The van der Waals surface area contributed by atoms with Crippen molar-refractivity contribution in [1.82, 2.24) is 0 Å². The van der Waals surface area contributed by atoms with Gasteiger partial charge in [0, 0.05) is 12.7 Å². The standard InChI is InChI=1S/C15H16ClNO/c1-11-3-6-13(7-4-11)17(2)15-8-5-12(10-18)9-14(15)16/h3-9,18H,10H2,1-2H3. The number of halogens is 1. The summed E-state index contributed by atoms with van der Waals surface area (Å²) in [4.78, 5) is 2.03. The molecule has 94 valence electrons. The molecule has 3 heteroatoms. The molecule has 1 N–H and O–H groups in total. The Hall–Kier alpha value is -1.51. The number of hydrogen-bond donors (Lipinski definition) is 1. The number of aryl methyl sites for hydroxylation is 1. The van der Waals surface area contributed by atoms with Gasteiger partial charge < -0.3 is 10.0 Å². The monoisotopic (exact) mass is 261 g/mol. The van der Waals surface area contributed by atoms with Crippen LogP contribution < -0.4 is 4.90 Å². The van der Waals surface area contributed by atoms with Crippen molar-refractivity contribution in [2.45, 2.75) is 13.5 Å². The van der Waals surface area contributed by atoms with Crippen LogP contribution in [0.1, 0.15) is 11.1 Å². The highest BCUT2D eigenvalue weighted by Crippen LogP contribution is 2.31. The Morgan fingerprint density at radius 2 is 1.78 bits per heavy atom. The van der Waals surface area contributed by atoms with Gasteiger partial charge in [0.05, 0.1) is 17.3 Å². The number of benzene rings is 2. The quantitative estimate of drug-likeness (QED) is 0.906. The summed E-state index contributed by atoms with van der Waals surface area (Å²) in [5.41, 5.74) is 4.06. The van der Waals surface area contributed by atoms with Gasteiger partial charge in [-0.05, 0) is 36.8 Å². The van der Waals surface area contributed by atoms with E-state index in [1.54, 1.807) is 6.07 Å². The van der Waals surface area contributed by atoms with Crippen molar-refractivity contribution < 1.29 is 5.11 Å². The van der Waals surface area contributed by atoms with Gasteiger partial charge >= 0.3 is 0 Å². The lowest BCUT2D eigenvalue weighted by atomic mass is 10.1. The molecule has 0 aromatic heterocycles. The van der Waals surface area contributed by atoms with Crippen molar-refractivity contribution in [3.8, 4) is 0 Å². The minimum atomic E-state index is 0.00818. The second kappa shape index (κ2) is 5.42. The molecule has 2 aromatic carbocycles. The first kappa shape index (κ1) is 12.9. The van der Waals surface area contributed by atoms with Gasteiger partial charge in [0.1, 0.15) is 0 Å². The van der Waals surface area contributed by atoms with E-state index in [1.165, 1.54) is 5.56 Å². The highest BCUT2D eigenvalue weighted by molar-refractivity contribution is 6.33. The summed E-state index contributed by atoms with van der Waals surface area (Å²) in [6.45, 7) is 2.07. The van der Waals surface area contributed by atoms with Crippen LogP contribution in [0.4, 0.5) is 11.4 Å². The Bertz CT molecular complexity index is 537. The third-order valence-corrected chi connectivity index (χ3v) is 3.28. The van der Waals surface area contributed by atoms with E-state index in [9.17, 15) is 0 Å². The summed E-state index contributed by atoms with van der Waals surface area (Å²) in [5, 5.41) is 9.71. The first-order valence-electron chi connectivity index (χ1n) is 5.81. The minimum Gasteiger partial charge on any atom is -0.392 e. The van der Waals surface area contributed by atoms with Crippen LogP contribution >= 0.6 is 11.6 Å². The van der Waals surface area contributed by atoms with Crippen LogP contribution in [-0.4, -0.2) is 12.2 Å². The van der Waals surface area contributed by atoms with Crippen LogP contribution in [0.2, 0.25) is 5.02 Å². The number of aliphatic hydroxyl groups is 1. The molecule has 0 amide bonds. The number of hydrogen-bond acceptors (Lipinski definition) is 2. The van der Waals surface area contributed by atoms with Crippen molar-refractivity contribution in [1.29, 1.82) is 0 Å². The van der Waals surface area contributed by atoms with Gasteiger partial charge in [-0.2, -0.15) is 0 Å². The second-order valence-corrected chi connectivity index (χ2v) is 4.75. The van der Waals surface area contributed by atoms with Crippen molar-refractivity contribution >= 4 is 23.0 Å². The van der Waals surface area contributed by atoms with Gasteiger partial charge in [0.2, 0.25) is 0 Å². The SMILES string of the molecule is Cc1ccc(N(C)c2ccc(CO)cc2Cl)cc1. The topological polar surface area (TPSA) is 23.5 Å². The average Bonchev–Trinajstić information content (AvgIpc) is 2.38. The van der Waals surface area contributed by atoms with Gasteiger partial charge in [0.15, 0.2) is 0 Å². The van der Waals surface area contributed by atoms with Crippen LogP contribution in [0.25, 0.3) is 0 Å².